The van der Waals surface area contributed by atoms with Gasteiger partial charge in [-0.25, -0.2) is 13.0 Å². The maximum Gasteiger partial charge on any atom is 0.145 e. The van der Waals surface area contributed by atoms with Crippen molar-refractivity contribution in [1.82, 2.24) is 0 Å². The van der Waals surface area contributed by atoms with E-state index in [2.05, 4.69) is 20.3 Å². The summed E-state index contributed by atoms with van der Waals surface area (Å²) in [7, 11) is -1.65. The smallest absolute Gasteiger partial charge is 0.145 e. The van der Waals surface area contributed by atoms with Crippen molar-refractivity contribution >= 4 is 32.6 Å². The Hall–Kier alpha value is -1.91. The van der Waals surface area contributed by atoms with Gasteiger partial charge in [-0.1, -0.05) is 12.1 Å². The van der Waals surface area contributed by atoms with Gasteiger partial charge in [0.25, 0.3) is 0 Å². The summed E-state index contributed by atoms with van der Waals surface area (Å²) in [6.07, 6.45) is 0. The molecule has 2 rings (SSSR count). The monoisotopic (exact) mass is 424 g/mol. The van der Waals surface area contributed by atoms with E-state index in [0.717, 1.165) is 0 Å². The second-order valence-electron chi connectivity index (χ2n) is 6.20. The molecule has 25 heavy (non-hydrogen) atoms. The number of hydrogen-bond donors (Lipinski definition) is 0. The maximum atomic E-state index is 14.0. The molecule has 0 N–H and O–H groups in total. The van der Waals surface area contributed by atoms with Crippen LogP contribution in [0.1, 0.15) is 37.5 Å². The normalized spacial score (nSPS) is 13.4. The van der Waals surface area contributed by atoms with E-state index in [0.29, 0.717) is 5.56 Å². The SMILES string of the molecule is CC(C)(C)[S@](=O)N=C(c1ccc(F)c(Br)c1)c1cccc(F)c1C#N. The third-order valence-corrected chi connectivity index (χ3v) is 5.28. The molecule has 130 valence electrons. The standard InChI is InChI=1S/C18H15BrF2N2OS/c1-18(2,3)25(24)23-17(11-7-8-16(21)14(19)9-11)12-5-4-6-15(20)13(12)10-22/h4-9H,1-3H3/t25-/m0/s1. The molecule has 0 heterocycles. The quantitative estimate of drug-likeness (QED) is 0.657. The molecular formula is C18H15BrF2N2OS. The van der Waals surface area contributed by atoms with E-state index in [4.69, 9.17) is 0 Å². The van der Waals surface area contributed by atoms with Crippen LogP contribution in [-0.4, -0.2) is 14.7 Å². The van der Waals surface area contributed by atoms with E-state index in [1.165, 1.54) is 36.4 Å². The highest BCUT2D eigenvalue weighted by Crippen LogP contribution is 2.24. The average Bonchev–Trinajstić information content (AvgIpc) is 2.54. The largest absolute Gasteiger partial charge is 0.234 e. The zero-order valence-electron chi connectivity index (χ0n) is 13.8. The summed E-state index contributed by atoms with van der Waals surface area (Å²) >= 11 is 3.10. The number of rotatable bonds is 3. The summed E-state index contributed by atoms with van der Waals surface area (Å²) < 4.78 is 43.9. The van der Waals surface area contributed by atoms with Crippen molar-refractivity contribution in [1.29, 1.82) is 5.26 Å². The van der Waals surface area contributed by atoms with Gasteiger partial charge in [0.2, 0.25) is 0 Å². The molecule has 0 aromatic heterocycles. The lowest BCUT2D eigenvalue weighted by Gasteiger charge is -2.16. The molecule has 3 nitrogen and oxygen atoms in total. The highest BCUT2D eigenvalue weighted by molar-refractivity contribution is 9.10. The van der Waals surface area contributed by atoms with Gasteiger partial charge in [0.1, 0.15) is 28.7 Å². The van der Waals surface area contributed by atoms with Crippen molar-refractivity contribution in [3.8, 4) is 6.07 Å². The van der Waals surface area contributed by atoms with Crippen LogP contribution in [0.25, 0.3) is 0 Å². The highest BCUT2D eigenvalue weighted by atomic mass is 79.9. The third-order valence-electron chi connectivity index (χ3n) is 3.27. The van der Waals surface area contributed by atoms with Crippen molar-refractivity contribution in [2.45, 2.75) is 25.5 Å². The second kappa shape index (κ2) is 7.54. The van der Waals surface area contributed by atoms with Gasteiger partial charge in [-0.15, -0.1) is 0 Å². The first kappa shape index (κ1) is 19.4. The number of halogens is 3. The molecule has 0 fully saturated rings. The first-order valence-electron chi connectivity index (χ1n) is 7.30. The minimum atomic E-state index is -1.65. The maximum absolute atomic E-state index is 14.0. The fourth-order valence-corrected chi connectivity index (χ4v) is 2.98. The Labute approximate surface area is 156 Å². The summed E-state index contributed by atoms with van der Waals surface area (Å²) in [5.74, 6) is -1.17. The van der Waals surface area contributed by atoms with Crippen LogP contribution >= 0.6 is 15.9 Å². The van der Waals surface area contributed by atoms with Crippen molar-refractivity contribution < 1.29 is 13.0 Å². The van der Waals surface area contributed by atoms with Crippen molar-refractivity contribution in [3.05, 3.63) is 69.2 Å². The van der Waals surface area contributed by atoms with Crippen molar-refractivity contribution in [3.63, 3.8) is 0 Å². The van der Waals surface area contributed by atoms with Gasteiger partial charge in [-0.2, -0.15) is 9.66 Å². The molecule has 0 aliphatic heterocycles. The Morgan fingerprint density at radius 2 is 1.88 bits per heavy atom. The summed E-state index contributed by atoms with van der Waals surface area (Å²) in [5.41, 5.74) is 0.601. The predicted octanol–water partition coefficient (Wildman–Crippen LogP) is 4.90. The molecule has 0 aliphatic carbocycles. The van der Waals surface area contributed by atoms with Gasteiger partial charge < -0.3 is 0 Å². The van der Waals surface area contributed by atoms with Crippen LogP contribution in [0.2, 0.25) is 0 Å². The summed E-state index contributed by atoms with van der Waals surface area (Å²) in [6, 6.07) is 10.1. The fourth-order valence-electron chi connectivity index (χ4n) is 1.96. The second-order valence-corrected chi connectivity index (χ2v) is 8.96. The van der Waals surface area contributed by atoms with Gasteiger partial charge in [0, 0.05) is 11.1 Å². The van der Waals surface area contributed by atoms with Gasteiger partial charge in [-0.05, 0) is 61.0 Å². The number of benzene rings is 2. The van der Waals surface area contributed by atoms with Crippen LogP contribution in [0.3, 0.4) is 0 Å². The zero-order chi connectivity index (χ0) is 18.8. The van der Waals surface area contributed by atoms with E-state index >= 15 is 0 Å². The van der Waals surface area contributed by atoms with E-state index in [-0.39, 0.29) is 21.3 Å². The summed E-state index contributed by atoms with van der Waals surface area (Å²) in [4.78, 5) is 0. The Morgan fingerprint density at radius 3 is 2.44 bits per heavy atom. The molecule has 1 atom stereocenters. The molecular weight excluding hydrogens is 410 g/mol. The molecule has 0 amide bonds. The lowest BCUT2D eigenvalue weighted by atomic mass is 9.98. The number of nitriles is 1. The Bertz CT molecular complexity index is 914. The molecule has 0 spiro atoms. The summed E-state index contributed by atoms with van der Waals surface area (Å²) in [6.45, 7) is 5.25. The van der Waals surface area contributed by atoms with Crippen molar-refractivity contribution in [2.75, 3.05) is 0 Å². The molecule has 0 bridgehead atoms. The minimum absolute atomic E-state index is 0.171. The summed E-state index contributed by atoms with van der Waals surface area (Å²) in [5, 5.41) is 9.30. The number of nitrogens with zero attached hydrogens (tertiary/aromatic N) is 2. The van der Waals surface area contributed by atoms with Crippen LogP contribution in [0, 0.1) is 23.0 Å². The predicted molar refractivity (Wildman–Crippen MR) is 98.7 cm³/mol. The Morgan fingerprint density at radius 1 is 1.20 bits per heavy atom. The molecule has 2 aromatic rings. The number of hydrogen-bond acceptors (Lipinski definition) is 2. The molecule has 2 aromatic carbocycles. The van der Waals surface area contributed by atoms with Gasteiger partial charge in [0.05, 0.1) is 20.5 Å². The van der Waals surface area contributed by atoms with Crippen LogP contribution < -0.4 is 0 Å². The Kier molecular flexibility index (Phi) is 5.86. The molecule has 0 radical (unpaired) electrons. The average molecular weight is 425 g/mol. The fraction of sp³-hybridized carbons (Fsp3) is 0.222. The highest BCUT2D eigenvalue weighted by Gasteiger charge is 2.23. The molecule has 0 saturated carbocycles. The topological polar surface area (TPSA) is 53.2 Å². The van der Waals surface area contributed by atoms with Crippen molar-refractivity contribution in [2.24, 2.45) is 4.40 Å². The first-order valence-corrected chi connectivity index (χ1v) is 9.20. The van der Waals surface area contributed by atoms with Crippen LogP contribution in [0.5, 0.6) is 0 Å². The Balaban J connectivity index is 2.76. The molecule has 0 aliphatic rings. The van der Waals surface area contributed by atoms with Crippen LogP contribution in [0.4, 0.5) is 8.78 Å². The lowest BCUT2D eigenvalue weighted by molar-refractivity contribution is 0.621. The third kappa shape index (κ3) is 4.39. The first-order chi connectivity index (χ1) is 11.6. The minimum Gasteiger partial charge on any atom is -0.234 e. The lowest BCUT2D eigenvalue weighted by Crippen LogP contribution is -2.22. The van der Waals surface area contributed by atoms with Crippen LogP contribution in [0.15, 0.2) is 45.3 Å². The molecule has 7 heteroatoms. The van der Waals surface area contributed by atoms with E-state index in [1.807, 2.05) is 6.07 Å². The molecule has 0 saturated heterocycles. The van der Waals surface area contributed by atoms with Crippen LogP contribution in [-0.2, 0) is 11.0 Å². The van der Waals surface area contributed by atoms with E-state index in [1.54, 1.807) is 20.8 Å². The van der Waals surface area contributed by atoms with E-state index < -0.39 is 27.4 Å². The van der Waals surface area contributed by atoms with E-state index in [9.17, 15) is 18.3 Å². The van der Waals surface area contributed by atoms with Gasteiger partial charge >= 0.3 is 0 Å². The molecule has 0 unspecified atom stereocenters. The van der Waals surface area contributed by atoms with Gasteiger partial charge in [0.15, 0.2) is 0 Å². The van der Waals surface area contributed by atoms with Gasteiger partial charge in [-0.3, -0.25) is 0 Å². The zero-order valence-corrected chi connectivity index (χ0v) is 16.2.